The van der Waals surface area contributed by atoms with Gasteiger partial charge in [0, 0.05) is 13.6 Å². The van der Waals surface area contributed by atoms with E-state index in [1.807, 2.05) is 18.0 Å². The fourth-order valence-corrected chi connectivity index (χ4v) is 1.96. The Morgan fingerprint density at radius 3 is 2.89 bits per heavy atom. The summed E-state index contributed by atoms with van der Waals surface area (Å²) >= 11 is 5.78. The van der Waals surface area contributed by atoms with E-state index in [4.69, 9.17) is 17.3 Å². The number of halogens is 1. The minimum absolute atomic E-state index is 0.204. The minimum atomic E-state index is 0.204. The lowest BCUT2D eigenvalue weighted by atomic mass is 10.1. The van der Waals surface area contributed by atoms with Crippen molar-refractivity contribution < 1.29 is 0 Å². The molecule has 0 radical (unpaired) electrons. The molecule has 0 saturated carbocycles. The molecule has 18 heavy (non-hydrogen) atoms. The van der Waals surface area contributed by atoms with Crippen LogP contribution in [0.5, 0.6) is 0 Å². The molecule has 0 fully saturated rings. The standard InChI is InChI=1S/C13H15ClN4/c1-9-4-3-5-10(6-9)8-18(2)12-11(15)7-16-13(14)17-12/h3-7H,8,15H2,1-2H3. The van der Waals surface area contributed by atoms with Crippen molar-refractivity contribution in [1.29, 1.82) is 0 Å². The van der Waals surface area contributed by atoms with Crippen molar-refractivity contribution >= 4 is 23.1 Å². The average molecular weight is 263 g/mol. The van der Waals surface area contributed by atoms with Crippen LogP contribution < -0.4 is 10.6 Å². The number of aromatic nitrogens is 2. The number of nitrogens with zero attached hydrogens (tertiary/aromatic N) is 3. The fourth-order valence-electron chi connectivity index (χ4n) is 1.83. The van der Waals surface area contributed by atoms with E-state index >= 15 is 0 Å². The summed E-state index contributed by atoms with van der Waals surface area (Å²) in [6.45, 7) is 2.79. The average Bonchev–Trinajstić information content (AvgIpc) is 2.32. The molecule has 0 saturated heterocycles. The van der Waals surface area contributed by atoms with E-state index in [1.165, 1.54) is 17.3 Å². The summed E-state index contributed by atoms with van der Waals surface area (Å²) in [5.41, 5.74) is 8.80. The summed E-state index contributed by atoms with van der Waals surface area (Å²) < 4.78 is 0. The van der Waals surface area contributed by atoms with Crippen molar-refractivity contribution in [2.45, 2.75) is 13.5 Å². The van der Waals surface area contributed by atoms with Gasteiger partial charge in [-0.05, 0) is 24.1 Å². The summed E-state index contributed by atoms with van der Waals surface area (Å²) in [6.07, 6.45) is 1.53. The number of hydrogen-bond acceptors (Lipinski definition) is 4. The lowest BCUT2D eigenvalue weighted by molar-refractivity contribution is 0.892. The Labute approximate surface area is 111 Å². The van der Waals surface area contributed by atoms with Crippen molar-refractivity contribution in [2.24, 2.45) is 0 Å². The summed E-state index contributed by atoms with van der Waals surface area (Å²) in [6, 6.07) is 8.31. The maximum atomic E-state index is 5.85. The van der Waals surface area contributed by atoms with E-state index < -0.39 is 0 Å². The molecule has 1 aromatic carbocycles. The Kier molecular flexibility index (Phi) is 3.67. The number of anilines is 2. The molecule has 0 amide bonds. The van der Waals surface area contributed by atoms with Gasteiger partial charge in [0.05, 0.1) is 11.9 Å². The van der Waals surface area contributed by atoms with E-state index in [0.29, 0.717) is 11.5 Å². The van der Waals surface area contributed by atoms with Gasteiger partial charge in [0.25, 0.3) is 0 Å². The maximum Gasteiger partial charge on any atom is 0.224 e. The lowest BCUT2D eigenvalue weighted by Gasteiger charge is -2.19. The quantitative estimate of drug-likeness (QED) is 0.864. The van der Waals surface area contributed by atoms with E-state index in [1.54, 1.807) is 0 Å². The van der Waals surface area contributed by atoms with E-state index in [-0.39, 0.29) is 5.28 Å². The molecular formula is C13H15ClN4. The van der Waals surface area contributed by atoms with Gasteiger partial charge in [0.2, 0.25) is 5.28 Å². The molecule has 0 aliphatic carbocycles. The maximum absolute atomic E-state index is 5.85. The van der Waals surface area contributed by atoms with Crippen molar-refractivity contribution in [2.75, 3.05) is 17.7 Å². The number of benzene rings is 1. The third kappa shape index (κ3) is 2.90. The van der Waals surface area contributed by atoms with Crippen LogP contribution >= 0.6 is 11.6 Å². The van der Waals surface area contributed by atoms with Gasteiger partial charge in [0.15, 0.2) is 5.82 Å². The first-order valence-corrected chi connectivity index (χ1v) is 5.99. The van der Waals surface area contributed by atoms with Crippen LogP contribution in [0.4, 0.5) is 11.5 Å². The number of nitrogens with two attached hydrogens (primary N) is 1. The lowest BCUT2D eigenvalue weighted by Crippen LogP contribution is -2.19. The second-order valence-electron chi connectivity index (χ2n) is 4.26. The van der Waals surface area contributed by atoms with Gasteiger partial charge in [-0.2, -0.15) is 4.98 Å². The first-order valence-electron chi connectivity index (χ1n) is 5.61. The summed E-state index contributed by atoms with van der Waals surface area (Å²) in [4.78, 5) is 9.95. The molecule has 0 spiro atoms. The molecule has 0 unspecified atom stereocenters. The Balaban J connectivity index is 2.21. The fraction of sp³-hybridized carbons (Fsp3) is 0.231. The smallest absolute Gasteiger partial charge is 0.224 e. The first kappa shape index (κ1) is 12.6. The van der Waals surface area contributed by atoms with Crippen LogP contribution in [0.1, 0.15) is 11.1 Å². The second-order valence-corrected chi connectivity index (χ2v) is 4.60. The molecule has 0 atom stereocenters. The van der Waals surface area contributed by atoms with Gasteiger partial charge in [-0.1, -0.05) is 29.8 Å². The Bertz CT molecular complexity index is 556. The molecule has 2 N–H and O–H groups in total. The predicted octanol–water partition coefficient (Wildman–Crippen LogP) is 2.66. The first-order chi connectivity index (χ1) is 8.56. The summed E-state index contributed by atoms with van der Waals surface area (Å²) in [5.74, 6) is 0.650. The van der Waals surface area contributed by atoms with Crippen molar-refractivity contribution in [3.8, 4) is 0 Å². The Hall–Kier alpha value is -1.81. The van der Waals surface area contributed by atoms with Gasteiger partial charge in [-0.15, -0.1) is 0 Å². The predicted molar refractivity (Wildman–Crippen MR) is 74.7 cm³/mol. The van der Waals surface area contributed by atoms with Crippen molar-refractivity contribution in [3.63, 3.8) is 0 Å². The number of aryl methyl sites for hydroxylation is 1. The highest BCUT2D eigenvalue weighted by Crippen LogP contribution is 2.21. The summed E-state index contributed by atoms with van der Waals surface area (Å²) in [5, 5.41) is 0.204. The highest BCUT2D eigenvalue weighted by molar-refractivity contribution is 6.28. The van der Waals surface area contributed by atoms with E-state index in [9.17, 15) is 0 Å². The SMILES string of the molecule is Cc1cccc(CN(C)c2nc(Cl)ncc2N)c1. The zero-order valence-electron chi connectivity index (χ0n) is 10.4. The number of nitrogen functional groups attached to an aromatic ring is 1. The minimum Gasteiger partial charge on any atom is -0.394 e. The van der Waals surface area contributed by atoms with Gasteiger partial charge >= 0.3 is 0 Å². The topological polar surface area (TPSA) is 55.0 Å². The molecule has 4 nitrogen and oxygen atoms in total. The van der Waals surface area contributed by atoms with Crippen LogP contribution in [-0.4, -0.2) is 17.0 Å². The molecule has 1 heterocycles. The molecule has 0 aliphatic rings. The van der Waals surface area contributed by atoms with E-state index in [2.05, 4.69) is 35.1 Å². The zero-order valence-corrected chi connectivity index (χ0v) is 11.1. The number of rotatable bonds is 3. The highest BCUT2D eigenvalue weighted by atomic mass is 35.5. The van der Waals surface area contributed by atoms with Gasteiger partial charge < -0.3 is 10.6 Å². The zero-order chi connectivity index (χ0) is 13.1. The van der Waals surface area contributed by atoms with Crippen LogP contribution in [0.2, 0.25) is 5.28 Å². The van der Waals surface area contributed by atoms with Crippen LogP contribution in [-0.2, 0) is 6.54 Å². The van der Waals surface area contributed by atoms with Crippen molar-refractivity contribution in [1.82, 2.24) is 9.97 Å². The number of hydrogen-bond donors (Lipinski definition) is 1. The molecule has 5 heteroatoms. The molecule has 94 valence electrons. The third-order valence-corrected chi connectivity index (χ3v) is 2.81. The Morgan fingerprint density at radius 1 is 1.39 bits per heavy atom. The molecular weight excluding hydrogens is 248 g/mol. The molecule has 2 aromatic rings. The molecule has 0 bridgehead atoms. The van der Waals surface area contributed by atoms with Crippen LogP contribution in [0.15, 0.2) is 30.5 Å². The van der Waals surface area contributed by atoms with E-state index in [0.717, 1.165) is 6.54 Å². The van der Waals surface area contributed by atoms with Gasteiger partial charge in [-0.3, -0.25) is 0 Å². The molecule has 0 aliphatic heterocycles. The van der Waals surface area contributed by atoms with Gasteiger partial charge in [-0.25, -0.2) is 4.98 Å². The molecule has 1 aromatic heterocycles. The normalized spacial score (nSPS) is 10.4. The molecule has 2 rings (SSSR count). The van der Waals surface area contributed by atoms with Crippen LogP contribution in [0.25, 0.3) is 0 Å². The third-order valence-electron chi connectivity index (χ3n) is 2.63. The largest absolute Gasteiger partial charge is 0.394 e. The van der Waals surface area contributed by atoms with Crippen molar-refractivity contribution in [3.05, 3.63) is 46.9 Å². The second kappa shape index (κ2) is 5.23. The van der Waals surface area contributed by atoms with Crippen LogP contribution in [0.3, 0.4) is 0 Å². The highest BCUT2D eigenvalue weighted by Gasteiger charge is 2.09. The van der Waals surface area contributed by atoms with Gasteiger partial charge in [0.1, 0.15) is 0 Å². The summed E-state index contributed by atoms with van der Waals surface area (Å²) in [7, 11) is 1.93. The monoisotopic (exact) mass is 262 g/mol. The van der Waals surface area contributed by atoms with Crippen LogP contribution in [0, 0.1) is 6.92 Å². The Morgan fingerprint density at radius 2 is 2.17 bits per heavy atom.